The zero-order valence-corrected chi connectivity index (χ0v) is 14.4. The Morgan fingerprint density at radius 1 is 1.52 bits per heavy atom. The molecular formula is C15H20BrClN2O2. The zero-order valence-electron chi connectivity index (χ0n) is 12.0. The van der Waals surface area contributed by atoms with Crippen LogP contribution >= 0.6 is 27.5 Å². The van der Waals surface area contributed by atoms with E-state index in [1.807, 2.05) is 6.92 Å². The molecule has 1 saturated carbocycles. The molecule has 0 radical (unpaired) electrons. The van der Waals surface area contributed by atoms with Gasteiger partial charge in [-0.2, -0.15) is 0 Å². The maximum Gasteiger partial charge on any atom is 0.225 e. The van der Waals surface area contributed by atoms with Crippen molar-refractivity contribution in [2.24, 2.45) is 11.1 Å². The highest BCUT2D eigenvalue weighted by Gasteiger charge is 2.37. The number of ether oxygens (including phenoxy) is 1. The van der Waals surface area contributed by atoms with E-state index in [0.717, 1.165) is 23.7 Å². The highest BCUT2D eigenvalue weighted by molar-refractivity contribution is 9.10. The van der Waals surface area contributed by atoms with Crippen molar-refractivity contribution < 1.29 is 9.53 Å². The van der Waals surface area contributed by atoms with Crippen LogP contribution in [0, 0.1) is 5.41 Å². The summed E-state index contributed by atoms with van der Waals surface area (Å²) in [6.45, 7) is 2.96. The van der Waals surface area contributed by atoms with Crippen LogP contribution in [0.1, 0.15) is 32.6 Å². The van der Waals surface area contributed by atoms with Crippen LogP contribution in [0.25, 0.3) is 0 Å². The molecule has 0 saturated heterocycles. The number of carbonyl (C=O) groups excluding carboxylic acids is 1. The van der Waals surface area contributed by atoms with Crippen molar-refractivity contribution in [3.8, 4) is 5.75 Å². The Morgan fingerprint density at radius 2 is 2.24 bits per heavy atom. The molecule has 4 nitrogen and oxygen atoms in total. The van der Waals surface area contributed by atoms with Gasteiger partial charge in [0.05, 0.1) is 16.8 Å². The molecule has 0 unspecified atom stereocenters. The summed E-state index contributed by atoms with van der Waals surface area (Å²) >= 11 is 9.46. The quantitative estimate of drug-likeness (QED) is 0.791. The first-order valence-electron chi connectivity index (χ1n) is 7.11. The molecule has 0 aliphatic heterocycles. The number of hydrogen-bond acceptors (Lipinski definition) is 3. The van der Waals surface area contributed by atoms with E-state index in [0.29, 0.717) is 36.0 Å². The van der Waals surface area contributed by atoms with Crippen molar-refractivity contribution in [3.05, 3.63) is 21.6 Å². The Kier molecular flexibility index (Phi) is 5.52. The topological polar surface area (TPSA) is 64.3 Å². The molecule has 6 heteroatoms. The van der Waals surface area contributed by atoms with Gasteiger partial charge in [0.1, 0.15) is 0 Å². The van der Waals surface area contributed by atoms with Gasteiger partial charge in [-0.3, -0.25) is 4.79 Å². The summed E-state index contributed by atoms with van der Waals surface area (Å²) in [5, 5.41) is 3.44. The van der Waals surface area contributed by atoms with Gasteiger partial charge < -0.3 is 15.8 Å². The molecule has 21 heavy (non-hydrogen) atoms. The van der Waals surface area contributed by atoms with E-state index in [9.17, 15) is 4.79 Å². The highest BCUT2D eigenvalue weighted by atomic mass is 79.9. The maximum atomic E-state index is 12.3. The zero-order chi connectivity index (χ0) is 15.5. The summed E-state index contributed by atoms with van der Waals surface area (Å²) in [5.41, 5.74) is 6.37. The number of halogens is 2. The molecule has 0 aromatic heterocycles. The standard InChI is InChI=1S/C15H20BrClN2O2/c1-2-21-14-11(16)6-10(17)7-12(14)19-13(20)8-15(9-18)4-3-5-15/h6-7H,2-5,8-9,18H2,1H3,(H,19,20). The lowest BCUT2D eigenvalue weighted by molar-refractivity contribution is -0.119. The fraction of sp³-hybridized carbons (Fsp3) is 0.533. The van der Waals surface area contributed by atoms with Gasteiger partial charge in [0.15, 0.2) is 5.75 Å². The van der Waals surface area contributed by atoms with Gasteiger partial charge in [0.25, 0.3) is 0 Å². The first-order chi connectivity index (χ1) is 9.99. The van der Waals surface area contributed by atoms with E-state index in [4.69, 9.17) is 22.1 Å². The second kappa shape index (κ2) is 6.99. The average molecular weight is 376 g/mol. The van der Waals surface area contributed by atoms with Gasteiger partial charge in [-0.05, 0) is 59.8 Å². The molecule has 1 fully saturated rings. The van der Waals surface area contributed by atoms with Crippen LogP contribution < -0.4 is 15.8 Å². The average Bonchev–Trinajstić information content (AvgIpc) is 2.38. The number of carbonyl (C=O) groups is 1. The molecule has 0 heterocycles. The fourth-order valence-electron chi connectivity index (χ4n) is 2.61. The monoisotopic (exact) mass is 374 g/mol. The van der Waals surface area contributed by atoms with Gasteiger partial charge >= 0.3 is 0 Å². The summed E-state index contributed by atoms with van der Waals surface area (Å²) in [7, 11) is 0. The minimum absolute atomic E-state index is 0.0222. The van der Waals surface area contributed by atoms with Crippen molar-refractivity contribution in [1.29, 1.82) is 0 Å². The predicted octanol–water partition coefficient (Wildman–Crippen LogP) is 3.96. The second-order valence-corrected chi connectivity index (χ2v) is 6.77. The predicted molar refractivity (Wildman–Crippen MR) is 88.9 cm³/mol. The normalized spacial score (nSPS) is 16.2. The number of nitrogens with one attached hydrogen (secondary N) is 1. The van der Waals surface area contributed by atoms with Crippen LogP contribution in [0.4, 0.5) is 5.69 Å². The number of hydrogen-bond donors (Lipinski definition) is 2. The van der Waals surface area contributed by atoms with E-state index in [2.05, 4.69) is 21.2 Å². The Bertz CT molecular complexity index is 527. The Balaban J connectivity index is 2.12. The van der Waals surface area contributed by atoms with Crippen molar-refractivity contribution in [3.63, 3.8) is 0 Å². The van der Waals surface area contributed by atoms with Crippen molar-refractivity contribution >= 4 is 39.1 Å². The third-order valence-electron chi connectivity index (χ3n) is 3.95. The number of anilines is 1. The van der Waals surface area contributed by atoms with E-state index in [1.54, 1.807) is 12.1 Å². The SMILES string of the molecule is CCOc1c(Br)cc(Cl)cc1NC(=O)CC1(CN)CCC1. The minimum atomic E-state index is -0.0460. The molecule has 0 atom stereocenters. The van der Waals surface area contributed by atoms with Crippen LogP contribution in [0.5, 0.6) is 5.75 Å². The van der Waals surface area contributed by atoms with Crippen LogP contribution in [-0.2, 0) is 4.79 Å². The Morgan fingerprint density at radius 3 is 2.76 bits per heavy atom. The largest absolute Gasteiger partial charge is 0.491 e. The maximum absolute atomic E-state index is 12.3. The third-order valence-corrected chi connectivity index (χ3v) is 4.76. The van der Waals surface area contributed by atoms with E-state index < -0.39 is 0 Å². The first kappa shape index (κ1) is 16.6. The minimum Gasteiger partial charge on any atom is -0.491 e. The molecule has 1 amide bonds. The molecule has 1 aliphatic rings. The van der Waals surface area contributed by atoms with Crippen molar-refractivity contribution in [2.45, 2.75) is 32.6 Å². The summed E-state index contributed by atoms with van der Waals surface area (Å²) in [6.07, 6.45) is 3.64. The molecule has 1 aliphatic carbocycles. The lowest BCUT2D eigenvalue weighted by atomic mass is 9.66. The van der Waals surface area contributed by atoms with Crippen LogP contribution in [0.15, 0.2) is 16.6 Å². The highest BCUT2D eigenvalue weighted by Crippen LogP contribution is 2.43. The number of nitrogens with two attached hydrogens (primary N) is 1. The van der Waals surface area contributed by atoms with Gasteiger partial charge in [-0.25, -0.2) is 0 Å². The number of rotatable bonds is 6. The molecular weight excluding hydrogens is 356 g/mol. The van der Waals surface area contributed by atoms with Crippen LogP contribution in [-0.4, -0.2) is 19.1 Å². The smallest absolute Gasteiger partial charge is 0.225 e. The number of amides is 1. The molecule has 2 rings (SSSR count). The fourth-order valence-corrected chi connectivity index (χ4v) is 3.53. The molecule has 0 bridgehead atoms. The van der Waals surface area contributed by atoms with Crippen molar-refractivity contribution in [1.82, 2.24) is 0 Å². The van der Waals surface area contributed by atoms with Gasteiger partial charge in [0.2, 0.25) is 5.91 Å². The third kappa shape index (κ3) is 3.90. The summed E-state index contributed by atoms with van der Waals surface area (Å²) < 4.78 is 6.30. The molecule has 3 N–H and O–H groups in total. The van der Waals surface area contributed by atoms with Crippen LogP contribution in [0.2, 0.25) is 5.02 Å². The van der Waals surface area contributed by atoms with Gasteiger partial charge in [-0.1, -0.05) is 18.0 Å². The van der Waals surface area contributed by atoms with Crippen molar-refractivity contribution in [2.75, 3.05) is 18.5 Å². The Hall–Kier alpha value is -0.780. The number of benzene rings is 1. The van der Waals surface area contributed by atoms with Crippen LogP contribution in [0.3, 0.4) is 0 Å². The van der Waals surface area contributed by atoms with Gasteiger partial charge in [-0.15, -0.1) is 0 Å². The lowest BCUT2D eigenvalue weighted by Crippen LogP contribution is -2.40. The summed E-state index contributed by atoms with van der Waals surface area (Å²) in [6, 6.07) is 3.45. The summed E-state index contributed by atoms with van der Waals surface area (Å²) in [5.74, 6) is 0.556. The van der Waals surface area contributed by atoms with E-state index >= 15 is 0 Å². The molecule has 1 aromatic rings. The second-order valence-electron chi connectivity index (χ2n) is 5.48. The Labute approximate surface area is 138 Å². The van der Waals surface area contributed by atoms with E-state index in [1.165, 1.54) is 0 Å². The molecule has 1 aromatic carbocycles. The van der Waals surface area contributed by atoms with Gasteiger partial charge in [0, 0.05) is 11.4 Å². The van der Waals surface area contributed by atoms with E-state index in [-0.39, 0.29) is 11.3 Å². The summed E-state index contributed by atoms with van der Waals surface area (Å²) in [4.78, 5) is 12.3. The first-order valence-corrected chi connectivity index (χ1v) is 8.28. The molecule has 0 spiro atoms. The lowest BCUT2D eigenvalue weighted by Gasteiger charge is -2.40. The molecule has 116 valence electrons.